The molecule has 2 rings (SSSR count). The number of nitrogens with two attached hydrogens (primary N) is 1. The van der Waals surface area contributed by atoms with Crippen LogP contribution in [0.3, 0.4) is 0 Å². The van der Waals surface area contributed by atoms with Crippen molar-refractivity contribution in [2.75, 3.05) is 18.4 Å². The van der Waals surface area contributed by atoms with E-state index >= 15 is 0 Å². The molecule has 2 aromatic heterocycles. The van der Waals surface area contributed by atoms with Crippen molar-refractivity contribution in [3.05, 3.63) is 33.4 Å². The van der Waals surface area contributed by atoms with Crippen molar-refractivity contribution in [3.63, 3.8) is 0 Å². The number of allylic oxidation sites excluding steroid dienone is 1. The lowest BCUT2D eigenvalue weighted by Gasteiger charge is -2.11. The zero-order valence-electron chi connectivity index (χ0n) is 11.2. The highest BCUT2D eigenvalue weighted by molar-refractivity contribution is 7.18. The summed E-state index contributed by atoms with van der Waals surface area (Å²) in [5, 5.41) is 3.81. The van der Waals surface area contributed by atoms with Gasteiger partial charge in [-0.05, 0) is 19.4 Å². The summed E-state index contributed by atoms with van der Waals surface area (Å²) in [7, 11) is 0. The Labute approximate surface area is 115 Å². The first-order valence-electron chi connectivity index (χ1n) is 6.15. The molecule has 0 aliphatic carbocycles. The molecule has 0 unspecified atom stereocenters. The van der Waals surface area contributed by atoms with E-state index in [0.717, 1.165) is 15.3 Å². The zero-order chi connectivity index (χ0) is 14.0. The van der Waals surface area contributed by atoms with E-state index in [1.807, 2.05) is 13.8 Å². The Morgan fingerprint density at radius 2 is 2.26 bits per heavy atom. The van der Waals surface area contributed by atoms with Crippen molar-refractivity contribution in [1.29, 1.82) is 0 Å². The summed E-state index contributed by atoms with van der Waals surface area (Å²) >= 11 is 1.55. The lowest BCUT2D eigenvalue weighted by atomic mass is 10.2. The first-order chi connectivity index (χ1) is 9.10. The minimum absolute atomic E-state index is 0.0220. The number of fused-ring (bicyclic) bond motifs is 1. The molecule has 5 nitrogen and oxygen atoms in total. The maximum atomic E-state index is 12.5. The van der Waals surface area contributed by atoms with Crippen molar-refractivity contribution in [2.24, 2.45) is 5.73 Å². The third-order valence-electron chi connectivity index (χ3n) is 3.03. The fourth-order valence-corrected chi connectivity index (χ4v) is 2.96. The Morgan fingerprint density at radius 3 is 2.89 bits per heavy atom. The van der Waals surface area contributed by atoms with E-state index in [4.69, 9.17) is 5.73 Å². The molecule has 0 aliphatic rings. The van der Waals surface area contributed by atoms with Crippen LogP contribution >= 0.6 is 11.3 Å². The monoisotopic (exact) mass is 278 g/mol. The smallest absolute Gasteiger partial charge is 0.264 e. The molecule has 2 heterocycles. The maximum absolute atomic E-state index is 12.5. The van der Waals surface area contributed by atoms with E-state index in [1.54, 1.807) is 22.0 Å². The molecule has 0 aromatic carbocycles. The molecule has 2 aromatic rings. The molecular weight excluding hydrogens is 260 g/mol. The van der Waals surface area contributed by atoms with Gasteiger partial charge in [-0.2, -0.15) is 0 Å². The van der Waals surface area contributed by atoms with Crippen molar-refractivity contribution in [2.45, 2.75) is 20.4 Å². The fraction of sp³-hybridized carbons (Fsp3) is 0.385. The molecule has 19 heavy (non-hydrogen) atoms. The van der Waals surface area contributed by atoms with Crippen molar-refractivity contribution in [3.8, 4) is 0 Å². The zero-order valence-corrected chi connectivity index (χ0v) is 12.0. The summed E-state index contributed by atoms with van der Waals surface area (Å²) in [6, 6.07) is 0. The third-order valence-corrected chi connectivity index (χ3v) is 4.13. The Balaban J connectivity index is 2.70. The second-order valence-electron chi connectivity index (χ2n) is 4.32. The molecule has 0 fully saturated rings. The van der Waals surface area contributed by atoms with Crippen LogP contribution in [0.4, 0.5) is 5.95 Å². The van der Waals surface area contributed by atoms with Crippen LogP contribution in [0.1, 0.15) is 10.4 Å². The van der Waals surface area contributed by atoms with Crippen LogP contribution in [0, 0.1) is 13.8 Å². The van der Waals surface area contributed by atoms with Gasteiger partial charge in [0.1, 0.15) is 4.83 Å². The van der Waals surface area contributed by atoms with Gasteiger partial charge in [0.05, 0.1) is 5.39 Å². The maximum Gasteiger partial charge on any atom is 0.264 e. The Kier molecular flexibility index (Phi) is 4.01. The lowest BCUT2D eigenvalue weighted by Crippen LogP contribution is -2.26. The predicted molar refractivity (Wildman–Crippen MR) is 81.1 cm³/mol. The number of anilines is 1. The highest BCUT2D eigenvalue weighted by Crippen LogP contribution is 2.27. The first-order valence-corrected chi connectivity index (χ1v) is 6.97. The van der Waals surface area contributed by atoms with Gasteiger partial charge in [0, 0.05) is 24.5 Å². The second-order valence-corrected chi connectivity index (χ2v) is 5.52. The number of rotatable bonds is 5. The quantitative estimate of drug-likeness (QED) is 0.815. The molecular formula is C13H18N4OS. The largest absolute Gasteiger partial charge is 0.354 e. The minimum Gasteiger partial charge on any atom is -0.354 e. The number of nitrogens with zero attached hydrogens (tertiary/aromatic N) is 2. The van der Waals surface area contributed by atoms with Gasteiger partial charge in [-0.25, -0.2) is 4.98 Å². The molecule has 0 aliphatic heterocycles. The van der Waals surface area contributed by atoms with Crippen LogP contribution in [0.5, 0.6) is 0 Å². The van der Waals surface area contributed by atoms with Crippen LogP contribution in [-0.4, -0.2) is 22.6 Å². The van der Waals surface area contributed by atoms with Crippen LogP contribution in [0.2, 0.25) is 0 Å². The van der Waals surface area contributed by atoms with E-state index in [-0.39, 0.29) is 5.56 Å². The van der Waals surface area contributed by atoms with Crippen molar-refractivity contribution >= 4 is 27.5 Å². The van der Waals surface area contributed by atoms with Gasteiger partial charge < -0.3 is 11.1 Å². The van der Waals surface area contributed by atoms with Gasteiger partial charge in [0.25, 0.3) is 5.56 Å². The standard InChI is InChI=1S/C13H18N4OS/c1-4-7-17-12(18)10-8(2)9(3)19-11(10)16-13(17)15-6-5-14/h4H,1,5-7,14H2,2-3H3,(H,15,16). The van der Waals surface area contributed by atoms with Gasteiger partial charge in [0.15, 0.2) is 0 Å². The molecule has 102 valence electrons. The number of hydrogen-bond acceptors (Lipinski definition) is 5. The van der Waals surface area contributed by atoms with Gasteiger partial charge >= 0.3 is 0 Å². The average Bonchev–Trinajstić information content (AvgIpc) is 2.66. The van der Waals surface area contributed by atoms with Crippen LogP contribution in [-0.2, 0) is 6.54 Å². The molecule has 0 saturated heterocycles. The molecule has 0 bridgehead atoms. The summed E-state index contributed by atoms with van der Waals surface area (Å²) in [4.78, 5) is 19.0. The fourth-order valence-electron chi connectivity index (χ4n) is 1.94. The van der Waals surface area contributed by atoms with Gasteiger partial charge in [-0.1, -0.05) is 6.08 Å². The van der Waals surface area contributed by atoms with Crippen molar-refractivity contribution < 1.29 is 0 Å². The topological polar surface area (TPSA) is 72.9 Å². The van der Waals surface area contributed by atoms with Gasteiger partial charge in [-0.3, -0.25) is 9.36 Å². The normalized spacial score (nSPS) is 10.9. The number of nitrogens with one attached hydrogen (secondary N) is 1. The second kappa shape index (κ2) is 5.54. The van der Waals surface area contributed by atoms with E-state index in [1.165, 1.54) is 0 Å². The molecule has 0 radical (unpaired) electrons. The Hall–Kier alpha value is -1.66. The lowest BCUT2D eigenvalue weighted by molar-refractivity contribution is 0.769. The van der Waals surface area contributed by atoms with Crippen LogP contribution in [0.25, 0.3) is 10.2 Å². The summed E-state index contributed by atoms with van der Waals surface area (Å²) in [5.41, 5.74) is 6.48. The van der Waals surface area contributed by atoms with Crippen LogP contribution in [0.15, 0.2) is 17.4 Å². The predicted octanol–water partition coefficient (Wildman–Crippen LogP) is 1.63. The Bertz CT molecular complexity index is 671. The summed E-state index contributed by atoms with van der Waals surface area (Å²) in [5.74, 6) is 0.559. The molecule has 0 saturated carbocycles. The van der Waals surface area contributed by atoms with Gasteiger partial charge in [0.2, 0.25) is 5.95 Å². The van der Waals surface area contributed by atoms with E-state index in [9.17, 15) is 4.79 Å². The number of aromatic nitrogens is 2. The third kappa shape index (κ3) is 2.41. The molecule has 0 amide bonds. The average molecular weight is 278 g/mol. The minimum atomic E-state index is -0.0220. The van der Waals surface area contributed by atoms with E-state index in [2.05, 4.69) is 16.9 Å². The molecule has 3 N–H and O–H groups in total. The molecule has 0 spiro atoms. The number of thiophene rings is 1. The van der Waals surface area contributed by atoms with Crippen molar-refractivity contribution in [1.82, 2.24) is 9.55 Å². The number of hydrogen-bond donors (Lipinski definition) is 2. The van der Waals surface area contributed by atoms with E-state index < -0.39 is 0 Å². The molecule has 0 atom stereocenters. The highest BCUT2D eigenvalue weighted by atomic mass is 32.1. The summed E-state index contributed by atoms with van der Waals surface area (Å²) < 4.78 is 1.60. The summed E-state index contributed by atoms with van der Waals surface area (Å²) in [6.07, 6.45) is 1.69. The first kappa shape index (κ1) is 13.8. The SMILES string of the molecule is C=CCn1c(NCCN)nc2sc(C)c(C)c2c1=O. The van der Waals surface area contributed by atoms with Gasteiger partial charge in [-0.15, -0.1) is 17.9 Å². The summed E-state index contributed by atoms with van der Waals surface area (Å²) in [6.45, 7) is 9.16. The van der Waals surface area contributed by atoms with E-state index in [0.29, 0.717) is 31.0 Å². The number of aryl methyl sites for hydroxylation is 2. The highest BCUT2D eigenvalue weighted by Gasteiger charge is 2.15. The van der Waals surface area contributed by atoms with Crippen LogP contribution < -0.4 is 16.6 Å². The Morgan fingerprint density at radius 1 is 1.53 bits per heavy atom. The molecule has 6 heteroatoms.